The van der Waals surface area contributed by atoms with Crippen molar-refractivity contribution in [3.8, 4) is 0 Å². The molecule has 1 N–H and O–H groups in total. The quantitative estimate of drug-likeness (QED) is 0.633. The van der Waals surface area contributed by atoms with E-state index in [1.165, 1.54) is 0 Å². The second-order valence-corrected chi connectivity index (χ2v) is 2.91. The van der Waals surface area contributed by atoms with Crippen LogP contribution in [0.4, 0.5) is 0 Å². The van der Waals surface area contributed by atoms with Crippen molar-refractivity contribution in [2.24, 2.45) is 0 Å². The zero-order valence-corrected chi connectivity index (χ0v) is 6.55. The van der Waals surface area contributed by atoms with Crippen LogP contribution in [0.25, 0.3) is 0 Å². The first-order valence-electron chi connectivity index (χ1n) is 4.14. The third-order valence-electron chi connectivity index (χ3n) is 1.98. The van der Waals surface area contributed by atoms with Crippen LogP contribution in [0.1, 0.15) is 32.6 Å². The molecule has 2 atom stereocenters. The number of ether oxygens (including phenoxy) is 1. The van der Waals surface area contributed by atoms with Gasteiger partial charge in [-0.2, -0.15) is 0 Å². The first-order chi connectivity index (χ1) is 4.84. The van der Waals surface area contributed by atoms with Gasteiger partial charge < -0.3 is 9.84 Å². The van der Waals surface area contributed by atoms with Crippen LogP contribution in [0.2, 0.25) is 0 Å². The lowest BCUT2D eigenvalue weighted by molar-refractivity contribution is -0.0769. The van der Waals surface area contributed by atoms with E-state index in [9.17, 15) is 5.11 Å². The van der Waals surface area contributed by atoms with Crippen LogP contribution in [0.15, 0.2) is 0 Å². The standard InChI is InChI=1S/C8H16O2/c1-2-4-8-7(9)5-3-6-10-8/h7-9H,2-6H2,1H3/t7?,8-/m0/s1. The molecule has 0 bridgehead atoms. The minimum absolute atomic E-state index is 0.124. The summed E-state index contributed by atoms with van der Waals surface area (Å²) in [6.45, 7) is 2.95. The van der Waals surface area contributed by atoms with Crippen molar-refractivity contribution in [1.82, 2.24) is 0 Å². The Morgan fingerprint density at radius 3 is 3.00 bits per heavy atom. The molecule has 1 rings (SSSR count). The summed E-state index contributed by atoms with van der Waals surface area (Å²) in [6.07, 6.45) is 3.96. The lowest BCUT2D eigenvalue weighted by Gasteiger charge is -2.27. The third-order valence-corrected chi connectivity index (χ3v) is 1.98. The fourth-order valence-electron chi connectivity index (χ4n) is 1.38. The Labute approximate surface area is 62.2 Å². The maximum Gasteiger partial charge on any atom is 0.0833 e. The van der Waals surface area contributed by atoms with Crippen molar-refractivity contribution in [2.75, 3.05) is 6.61 Å². The number of aliphatic hydroxyl groups is 1. The summed E-state index contributed by atoms with van der Waals surface area (Å²) in [6, 6.07) is 0. The van der Waals surface area contributed by atoms with E-state index in [1.54, 1.807) is 0 Å². The van der Waals surface area contributed by atoms with E-state index in [1.807, 2.05) is 0 Å². The smallest absolute Gasteiger partial charge is 0.0833 e. The predicted octanol–water partition coefficient (Wildman–Crippen LogP) is 1.33. The van der Waals surface area contributed by atoms with Gasteiger partial charge in [-0.25, -0.2) is 0 Å². The van der Waals surface area contributed by atoms with Gasteiger partial charge in [-0.1, -0.05) is 13.3 Å². The first kappa shape index (κ1) is 8.02. The number of hydrogen-bond donors (Lipinski definition) is 1. The Morgan fingerprint density at radius 1 is 1.60 bits per heavy atom. The van der Waals surface area contributed by atoms with E-state index in [2.05, 4.69) is 6.92 Å². The summed E-state index contributed by atoms with van der Waals surface area (Å²) < 4.78 is 5.38. The van der Waals surface area contributed by atoms with Gasteiger partial charge in [0.1, 0.15) is 0 Å². The van der Waals surface area contributed by atoms with Gasteiger partial charge >= 0.3 is 0 Å². The SMILES string of the molecule is CCC[C@@H]1OCCCC1O. The number of hydrogen-bond acceptors (Lipinski definition) is 2. The molecule has 1 aliphatic rings. The molecule has 0 radical (unpaired) electrons. The van der Waals surface area contributed by atoms with Crippen LogP contribution in [0.5, 0.6) is 0 Å². The maximum atomic E-state index is 9.38. The minimum atomic E-state index is -0.200. The molecule has 2 heteroatoms. The molecule has 1 unspecified atom stereocenters. The molecule has 1 saturated heterocycles. The average molecular weight is 144 g/mol. The summed E-state index contributed by atoms with van der Waals surface area (Å²) >= 11 is 0. The Bertz CT molecular complexity index is 91.3. The van der Waals surface area contributed by atoms with E-state index in [4.69, 9.17) is 4.74 Å². The van der Waals surface area contributed by atoms with Crippen molar-refractivity contribution < 1.29 is 9.84 Å². The van der Waals surface area contributed by atoms with E-state index in [-0.39, 0.29) is 12.2 Å². The van der Waals surface area contributed by atoms with Crippen molar-refractivity contribution in [1.29, 1.82) is 0 Å². The molecule has 0 aliphatic carbocycles. The molecule has 0 aromatic carbocycles. The highest BCUT2D eigenvalue weighted by molar-refractivity contribution is 4.72. The van der Waals surface area contributed by atoms with Gasteiger partial charge in [-0.3, -0.25) is 0 Å². The lowest BCUT2D eigenvalue weighted by atomic mass is 10.0. The molecule has 0 saturated carbocycles. The Balaban J connectivity index is 2.25. The van der Waals surface area contributed by atoms with E-state index in [0.717, 1.165) is 32.3 Å². The van der Waals surface area contributed by atoms with Gasteiger partial charge in [0, 0.05) is 6.61 Å². The second-order valence-electron chi connectivity index (χ2n) is 2.91. The van der Waals surface area contributed by atoms with Crippen molar-refractivity contribution in [3.63, 3.8) is 0 Å². The van der Waals surface area contributed by atoms with Crippen LogP contribution in [-0.2, 0) is 4.74 Å². The maximum absolute atomic E-state index is 9.38. The van der Waals surface area contributed by atoms with Crippen LogP contribution in [0, 0.1) is 0 Å². The Morgan fingerprint density at radius 2 is 2.40 bits per heavy atom. The summed E-state index contributed by atoms with van der Waals surface area (Å²) in [5.74, 6) is 0. The Hall–Kier alpha value is -0.0800. The van der Waals surface area contributed by atoms with Gasteiger partial charge in [0.25, 0.3) is 0 Å². The van der Waals surface area contributed by atoms with Gasteiger partial charge in [0.15, 0.2) is 0 Å². The van der Waals surface area contributed by atoms with Crippen molar-refractivity contribution in [2.45, 2.75) is 44.8 Å². The molecule has 10 heavy (non-hydrogen) atoms. The first-order valence-corrected chi connectivity index (χ1v) is 4.14. The van der Waals surface area contributed by atoms with Crippen LogP contribution in [0.3, 0.4) is 0 Å². The molecule has 60 valence electrons. The lowest BCUT2D eigenvalue weighted by Crippen LogP contribution is -2.33. The highest BCUT2D eigenvalue weighted by atomic mass is 16.5. The highest BCUT2D eigenvalue weighted by Gasteiger charge is 2.22. The fraction of sp³-hybridized carbons (Fsp3) is 1.00. The van der Waals surface area contributed by atoms with E-state index < -0.39 is 0 Å². The van der Waals surface area contributed by atoms with E-state index in [0.29, 0.717) is 0 Å². The molecular weight excluding hydrogens is 128 g/mol. The van der Waals surface area contributed by atoms with Crippen LogP contribution in [-0.4, -0.2) is 23.9 Å². The van der Waals surface area contributed by atoms with Crippen molar-refractivity contribution in [3.05, 3.63) is 0 Å². The topological polar surface area (TPSA) is 29.5 Å². The second kappa shape index (κ2) is 3.94. The average Bonchev–Trinajstić information content (AvgIpc) is 1.94. The zero-order chi connectivity index (χ0) is 7.40. The largest absolute Gasteiger partial charge is 0.390 e. The number of aliphatic hydroxyl groups excluding tert-OH is 1. The molecule has 1 aliphatic heterocycles. The molecule has 0 amide bonds. The van der Waals surface area contributed by atoms with Gasteiger partial charge in [-0.15, -0.1) is 0 Å². The summed E-state index contributed by atoms with van der Waals surface area (Å²) in [4.78, 5) is 0. The molecule has 1 heterocycles. The van der Waals surface area contributed by atoms with Crippen LogP contribution >= 0.6 is 0 Å². The predicted molar refractivity (Wildman–Crippen MR) is 39.9 cm³/mol. The third kappa shape index (κ3) is 1.96. The monoisotopic (exact) mass is 144 g/mol. The molecule has 2 nitrogen and oxygen atoms in total. The van der Waals surface area contributed by atoms with Gasteiger partial charge in [0.2, 0.25) is 0 Å². The van der Waals surface area contributed by atoms with Crippen LogP contribution < -0.4 is 0 Å². The Kier molecular flexibility index (Phi) is 3.16. The molecule has 0 aromatic heterocycles. The minimum Gasteiger partial charge on any atom is -0.390 e. The molecular formula is C8H16O2. The fourth-order valence-corrected chi connectivity index (χ4v) is 1.38. The highest BCUT2D eigenvalue weighted by Crippen LogP contribution is 2.17. The van der Waals surface area contributed by atoms with E-state index >= 15 is 0 Å². The summed E-state index contributed by atoms with van der Waals surface area (Å²) in [5, 5.41) is 9.38. The zero-order valence-electron chi connectivity index (χ0n) is 6.55. The normalized spacial score (nSPS) is 34.2. The summed E-state index contributed by atoms with van der Waals surface area (Å²) in [5.41, 5.74) is 0. The summed E-state index contributed by atoms with van der Waals surface area (Å²) in [7, 11) is 0. The molecule has 0 spiro atoms. The van der Waals surface area contributed by atoms with Gasteiger partial charge in [0.05, 0.1) is 12.2 Å². The molecule has 1 fully saturated rings. The molecule has 0 aromatic rings. The van der Waals surface area contributed by atoms with Crippen molar-refractivity contribution >= 4 is 0 Å². The number of rotatable bonds is 2. The van der Waals surface area contributed by atoms with Gasteiger partial charge in [-0.05, 0) is 19.3 Å².